The molecule has 2 unspecified atom stereocenters. The average Bonchev–Trinajstić information content (AvgIpc) is 3.38. The lowest BCUT2D eigenvalue weighted by molar-refractivity contribution is -0.137. The predicted octanol–water partition coefficient (Wildman–Crippen LogP) is 2.56. The molecular formula is C22H22FN5O2. The van der Waals surface area contributed by atoms with Gasteiger partial charge in [0.15, 0.2) is 0 Å². The van der Waals surface area contributed by atoms with Crippen LogP contribution in [-0.4, -0.2) is 40.8 Å². The Bertz CT molecular complexity index is 992. The van der Waals surface area contributed by atoms with Crippen molar-refractivity contribution in [3.8, 4) is 0 Å². The van der Waals surface area contributed by atoms with Gasteiger partial charge in [0.25, 0.3) is 5.91 Å². The Labute approximate surface area is 173 Å². The van der Waals surface area contributed by atoms with Crippen molar-refractivity contribution in [2.24, 2.45) is 5.10 Å². The van der Waals surface area contributed by atoms with E-state index in [1.165, 1.54) is 17.1 Å². The standard InChI is InChI=1S/C22H22FN5O2/c23-17-7-5-16(6-8-17)19-12-20-22(30)27(24-14-28(20)25-19)13-15-3-9-18(10-4-15)26-11-1-2-21(26)29/h3-10,14,19-20,25H,1-2,11-13H2. The molecule has 0 aliphatic carbocycles. The fourth-order valence-corrected chi connectivity index (χ4v) is 4.24. The van der Waals surface area contributed by atoms with Crippen LogP contribution in [-0.2, 0) is 16.1 Å². The quantitative estimate of drug-likeness (QED) is 0.846. The molecular weight excluding hydrogens is 385 g/mol. The molecule has 0 bridgehead atoms. The number of nitrogens with zero attached hydrogens (tertiary/aromatic N) is 4. The van der Waals surface area contributed by atoms with Crippen LogP contribution in [0.3, 0.4) is 0 Å². The zero-order valence-corrected chi connectivity index (χ0v) is 16.4. The first-order chi connectivity index (χ1) is 14.6. The van der Waals surface area contributed by atoms with Gasteiger partial charge in [0.1, 0.15) is 18.2 Å². The minimum atomic E-state index is -0.348. The van der Waals surface area contributed by atoms with Gasteiger partial charge >= 0.3 is 0 Å². The van der Waals surface area contributed by atoms with Gasteiger partial charge in [0, 0.05) is 18.7 Å². The number of fused-ring (bicyclic) bond motifs is 1. The van der Waals surface area contributed by atoms with E-state index in [9.17, 15) is 14.0 Å². The Morgan fingerprint density at radius 3 is 2.53 bits per heavy atom. The van der Waals surface area contributed by atoms with E-state index >= 15 is 0 Å². The topological polar surface area (TPSA) is 68.2 Å². The first-order valence-electron chi connectivity index (χ1n) is 10.1. The van der Waals surface area contributed by atoms with E-state index in [1.54, 1.807) is 28.4 Å². The minimum Gasteiger partial charge on any atom is -0.312 e. The Morgan fingerprint density at radius 1 is 1.07 bits per heavy atom. The number of hydrazone groups is 1. The van der Waals surface area contributed by atoms with Crippen molar-refractivity contribution in [1.29, 1.82) is 0 Å². The van der Waals surface area contributed by atoms with Crippen LogP contribution in [0.15, 0.2) is 53.6 Å². The number of hydrogen-bond acceptors (Lipinski definition) is 5. The summed E-state index contributed by atoms with van der Waals surface area (Å²) in [5.74, 6) is -0.199. The van der Waals surface area contributed by atoms with Crippen molar-refractivity contribution in [3.63, 3.8) is 0 Å². The highest BCUT2D eigenvalue weighted by atomic mass is 19.1. The van der Waals surface area contributed by atoms with Crippen LogP contribution in [0.1, 0.15) is 36.4 Å². The van der Waals surface area contributed by atoms with Crippen molar-refractivity contribution < 1.29 is 14.0 Å². The zero-order valence-electron chi connectivity index (χ0n) is 16.4. The maximum Gasteiger partial charge on any atom is 0.267 e. The maximum atomic E-state index is 13.2. The predicted molar refractivity (Wildman–Crippen MR) is 110 cm³/mol. The smallest absolute Gasteiger partial charge is 0.267 e. The molecule has 0 aromatic heterocycles. The second kappa shape index (κ2) is 7.53. The molecule has 2 aromatic carbocycles. The molecule has 154 valence electrons. The fourth-order valence-electron chi connectivity index (χ4n) is 4.24. The Kier molecular flexibility index (Phi) is 4.71. The Morgan fingerprint density at radius 2 is 1.83 bits per heavy atom. The molecule has 2 aromatic rings. The molecule has 2 atom stereocenters. The van der Waals surface area contributed by atoms with E-state index in [2.05, 4.69) is 10.5 Å². The largest absolute Gasteiger partial charge is 0.312 e. The van der Waals surface area contributed by atoms with E-state index < -0.39 is 0 Å². The summed E-state index contributed by atoms with van der Waals surface area (Å²) in [5.41, 5.74) is 6.04. The lowest BCUT2D eigenvalue weighted by Gasteiger charge is -2.30. The monoisotopic (exact) mass is 407 g/mol. The molecule has 2 amide bonds. The molecule has 5 rings (SSSR count). The number of nitrogens with one attached hydrogen (secondary N) is 1. The van der Waals surface area contributed by atoms with Crippen molar-refractivity contribution >= 4 is 23.8 Å². The third-order valence-electron chi connectivity index (χ3n) is 5.88. The number of amides is 2. The summed E-state index contributed by atoms with van der Waals surface area (Å²) in [4.78, 5) is 26.7. The van der Waals surface area contributed by atoms with Crippen LogP contribution in [0.2, 0.25) is 0 Å². The van der Waals surface area contributed by atoms with Gasteiger partial charge in [-0.05, 0) is 48.2 Å². The summed E-state index contributed by atoms with van der Waals surface area (Å²) < 4.78 is 13.2. The molecule has 3 aliphatic heterocycles. The van der Waals surface area contributed by atoms with Gasteiger partial charge in [-0.15, -0.1) is 0 Å². The number of halogens is 1. The van der Waals surface area contributed by atoms with Gasteiger partial charge in [0.2, 0.25) is 5.91 Å². The molecule has 0 spiro atoms. The number of anilines is 1. The van der Waals surface area contributed by atoms with E-state index in [-0.39, 0.29) is 29.7 Å². The van der Waals surface area contributed by atoms with Gasteiger partial charge in [-0.3, -0.25) is 14.6 Å². The molecule has 3 aliphatic rings. The number of carbonyl (C=O) groups excluding carboxylic acids is 2. The molecule has 0 saturated carbocycles. The number of hydrogen-bond donors (Lipinski definition) is 1. The molecule has 0 radical (unpaired) electrons. The Balaban J connectivity index is 1.25. The highest BCUT2D eigenvalue weighted by Gasteiger charge is 2.40. The Hall–Kier alpha value is -3.26. The summed E-state index contributed by atoms with van der Waals surface area (Å²) in [6.45, 7) is 1.13. The van der Waals surface area contributed by atoms with Crippen molar-refractivity contribution in [2.45, 2.75) is 37.9 Å². The second-order valence-electron chi connectivity index (χ2n) is 7.83. The highest BCUT2D eigenvalue weighted by molar-refractivity contribution is 5.95. The first-order valence-corrected chi connectivity index (χ1v) is 10.1. The van der Waals surface area contributed by atoms with E-state index in [1.807, 2.05) is 24.3 Å². The number of rotatable bonds is 4. The SMILES string of the molecule is O=C1C2CC(c3ccc(F)cc3)NN2C=NN1Cc1ccc(N2CCCC2=O)cc1. The fraction of sp³-hybridized carbons (Fsp3) is 0.318. The van der Waals surface area contributed by atoms with E-state index in [4.69, 9.17) is 0 Å². The molecule has 2 fully saturated rings. The van der Waals surface area contributed by atoms with Crippen molar-refractivity contribution in [1.82, 2.24) is 15.4 Å². The summed E-state index contributed by atoms with van der Waals surface area (Å²) in [6.07, 6.45) is 3.71. The van der Waals surface area contributed by atoms with Crippen LogP contribution in [0.5, 0.6) is 0 Å². The van der Waals surface area contributed by atoms with Crippen LogP contribution >= 0.6 is 0 Å². The molecule has 7 nitrogen and oxygen atoms in total. The zero-order chi connectivity index (χ0) is 20.7. The van der Waals surface area contributed by atoms with Gasteiger partial charge < -0.3 is 4.90 Å². The van der Waals surface area contributed by atoms with Gasteiger partial charge in [-0.2, -0.15) is 5.10 Å². The average molecular weight is 407 g/mol. The maximum absolute atomic E-state index is 13.2. The van der Waals surface area contributed by atoms with E-state index in [0.29, 0.717) is 19.4 Å². The van der Waals surface area contributed by atoms with Crippen molar-refractivity contribution in [2.75, 3.05) is 11.4 Å². The third kappa shape index (κ3) is 3.43. The molecule has 30 heavy (non-hydrogen) atoms. The summed E-state index contributed by atoms with van der Waals surface area (Å²) in [6, 6.07) is 13.6. The lowest BCUT2D eigenvalue weighted by Crippen LogP contribution is -2.50. The van der Waals surface area contributed by atoms with Crippen molar-refractivity contribution in [3.05, 3.63) is 65.5 Å². The first kappa shape index (κ1) is 18.7. The van der Waals surface area contributed by atoms with Crippen LogP contribution in [0, 0.1) is 5.82 Å². The molecule has 1 N–H and O–H groups in total. The van der Waals surface area contributed by atoms with Crippen LogP contribution in [0.4, 0.5) is 10.1 Å². The van der Waals surface area contributed by atoms with Gasteiger partial charge in [-0.1, -0.05) is 24.3 Å². The normalized spacial score (nSPS) is 23.4. The molecule has 2 saturated heterocycles. The summed E-state index contributed by atoms with van der Waals surface area (Å²) in [5, 5.41) is 7.51. The van der Waals surface area contributed by atoms with Crippen LogP contribution < -0.4 is 10.3 Å². The highest BCUT2D eigenvalue weighted by Crippen LogP contribution is 2.30. The summed E-state index contributed by atoms with van der Waals surface area (Å²) in [7, 11) is 0. The third-order valence-corrected chi connectivity index (χ3v) is 5.88. The van der Waals surface area contributed by atoms with Gasteiger partial charge in [0.05, 0.1) is 12.6 Å². The van der Waals surface area contributed by atoms with Crippen LogP contribution in [0.25, 0.3) is 0 Å². The lowest BCUT2D eigenvalue weighted by atomic mass is 10.0. The molecule has 3 heterocycles. The number of carbonyl (C=O) groups is 2. The number of hydrazine groups is 1. The van der Waals surface area contributed by atoms with E-state index in [0.717, 1.165) is 29.8 Å². The minimum absolute atomic E-state index is 0.0665. The second-order valence-corrected chi connectivity index (χ2v) is 7.83. The molecule has 8 heteroatoms. The summed E-state index contributed by atoms with van der Waals surface area (Å²) >= 11 is 0. The van der Waals surface area contributed by atoms with Gasteiger partial charge in [-0.25, -0.2) is 14.8 Å². The number of benzene rings is 2.